The number of nitrogens with zero attached hydrogens (tertiary/aromatic N) is 1. The Morgan fingerprint density at radius 3 is 2.70 bits per heavy atom. The highest BCUT2D eigenvalue weighted by molar-refractivity contribution is 5.45. The first-order valence-corrected chi connectivity index (χ1v) is 7.02. The fourth-order valence-corrected chi connectivity index (χ4v) is 2.14. The molecule has 1 N–H and O–H groups in total. The monoisotopic (exact) mass is 275 g/mol. The number of hydrogen-bond donors (Lipinski definition) is 1. The van der Waals surface area contributed by atoms with E-state index in [0.717, 1.165) is 30.0 Å². The van der Waals surface area contributed by atoms with Gasteiger partial charge < -0.3 is 14.7 Å². The standard InChI is InChI=1S/C17H25NO2/c1-14(2)12-18(3)13-16-11-17(20-4)9-8-15(16)7-5-6-10-19/h8-9,11,14,19H,6,10,12-13H2,1-4H3. The van der Waals surface area contributed by atoms with Gasteiger partial charge in [-0.15, -0.1) is 0 Å². The molecule has 0 atom stereocenters. The van der Waals surface area contributed by atoms with Crippen molar-refractivity contribution in [3.63, 3.8) is 0 Å². The average Bonchev–Trinajstić information content (AvgIpc) is 2.39. The zero-order chi connectivity index (χ0) is 15.0. The van der Waals surface area contributed by atoms with E-state index >= 15 is 0 Å². The zero-order valence-electron chi connectivity index (χ0n) is 12.9. The van der Waals surface area contributed by atoms with E-state index in [1.165, 1.54) is 0 Å². The molecule has 0 aliphatic heterocycles. The number of hydrogen-bond acceptors (Lipinski definition) is 3. The first-order chi connectivity index (χ1) is 9.56. The smallest absolute Gasteiger partial charge is 0.119 e. The summed E-state index contributed by atoms with van der Waals surface area (Å²) in [6, 6.07) is 5.95. The fraction of sp³-hybridized carbons (Fsp3) is 0.529. The molecule has 0 amide bonds. The SMILES string of the molecule is COc1ccc(C#CCCO)c(CN(C)CC(C)C)c1. The van der Waals surface area contributed by atoms with Crippen LogP contribution in [0.25, 0.3) is 0 Å². The molecule has 0 saturated carbocycles. The van der Waals surface area contributed by atoms with Crippen LogP contribution in [-0.2, 0) is 6.54 Å². The lowest BCUT2D eigenvalue weighted by molar-refractivity contribution is 0.287. The molecule has 0 spiro atoms. The number of rotatable bonds is 6. The van der Waals surface area contributed by atoms with E-state index in [1.807, 2.05) is 18.2 Å². The first kappa shape index (κ1) is 16.6. The van der Waals surface area contributed by atoms with Crippen molar-refractivity contribution in [2.75, 3.05) is 27.3 Å². The molecule has 0 saturated heterocycles. The van der Waals surface area contributed by atoms with E-state index in [2.05, 4.69) is 37.6 Å². The average molecular weight is 275 g/mol. The highest BCUT2D eigenvalue weighted by atomic mass is 16.5. The van der Waals surface area contributed by atoms with Crippen molar-refractivity contribution < 1.29 is 9.84 Å². The lowest BCUT2D eigenvalue weighted by atomic mass is 10.1. The van der Waals surface area contributed by atoms with Gasteiger partial charge in [0.15, 0.2) is 0 Å². The lowest BCUT2D eigenvalue weighted by Gasteiger charge is -2.20. The zero-order valence-corrected chi connectivity index (χ0v) is 12.9. The minimum absolute atomic E-state index is 0.103. The second kappa shape index (κ2) is 8.63. The van der Waals surface area contributed by atoms with Crippen LogP contribution in [0, 0.1) is 17.8 Å². The Morgan fingerprint density at radius 2 is 2.10 bits per heavy atom. The van der Waals surface area contributed by atoms with Crippen molar-refractivity contribution in [1.82, 2.24) is 4.90 Å². The van der Waals surface area contributed by atoms with Gasteiger partial charge in [-0.05, 0) is 36.7 Å². The topological polar surface area (TPSA) is 32.7 Å². The summed E-state index contributed by atoms with van der Waals surface area (Å²) in [6.45, 7) is 6.42. The molecule has 1 rings (SSSR count). The van der Waals surface area contributed by atoms with E-state index in [-0.39, 0.29) is 6.61 Å². The third-order valence-electron chi connectivity index (χ3n) is 2.89. The Balaban J connectivity index is 2.92. The van der Waals surface area contributed by atoms with Gasteiger partial charge in [-0.2, -0.15) is 0 Å². The van der Waals surface area contributed by atoms with E-state index in [9.17, 15) is 0 Å². The fourth-order valence-electron chi connectivity index (χ4n) is 2.14. The van der Waals surface area contributed by atoms with Crippen LogP contribution in [0.3, 0.4) is 0 Å². The van der Waals surface area contributed by atoms with Crippen molar-refractivity contribution in [2.45, 2.75) is 26.8 Å². The Morgan fingerprint density at radius 1 is 1.35 bits per heavy atom. The van der Waals surface area contributed by atoms with Crippen LogP contribution in [0.1, 0.15) is 31.4 Å². The summed E-state index contributed by atoms with van der Waals surface area (Å²) in [4.78, 5) is 2.29. The molecule has 3 nitrogen and oxygen atoms in total. The third kappa shape index (κ3) is 5.64. The maximum atomic E-state index is 8.81. The number of aliphatic hydroxyl groups is 1. The largest absolute Gasteiger partial charge is 0.497 e. The Labute approximate surface area is 122 Å². The number of ether oxygens (including phenoxy) is 1. The second-order valence-electron chi connectivity index (χ2n) is 5.39. The van der Waals surface area contributed by atoms with Crippen LogP contribution < -0.4 is 4.74 Å². The Kier molecular flexibility index (Phi) is 7.14. The van der Waals surface area contributed by atoms with Gasteiger partial charge in [0.2, 0.25) is 0 Å². The maximum Gasteiger partial charge on any atom is 0.119 e. The van der Waals surface area contributed by atoms with Gasteiger partial charge in [0.05, 0.1) is 13.7 Å². The maximum absolute atomic E-state index is 8.81. The van der Waals surface area contributed by atoms with E-state index in [1.54, 1.807) is 7.11 Å². The van der Waals surface area contributed by atoms with E-state index in [0.29, 0.717) is 12.3 Å². The van der Waals surface area contributed by atoms with Crippen molar-refractivity contribution >= 4 is 0 Å². The highest BCUT2D eigenvalue weighted by Crippen LogP contribution is 2.19. The summed E-state index contributed by atoms with van der Waals surface area (Å²) < 4.78 is 5.29. The van der Waals surface area contributed by atoms with Crippen molar-refractivity contribution in [3.8, 4) is 17.6 Å². The molecule has 20 heavy (non-hydrogen) atoms. The number of aliphatic hydroxyl groups excluding tert-OH is 1. The molecule has 110 valence electrons. The summed E-state index contributed by atoms with van der Waals surface area (Å²) in [5.74, 6) is 7.60. The van der Waals surface area contributed by atoms with Crippen LogP contribution in [0.15, 0.2) is 18.2 Å². The van der Waals surface area contributed by atoms with Gasteiger partial charge in [0.25, 0.3) is 0 Å². The molecule has 1 aromatic rings. The Bertz CT molecular complexity index is 472. The van der Waals surface area contributed by atoms with Crippen LogP contribution in [0.4, 0.5) is 0 Å². The molecule has 0 aliphatic carbocycles. The van der Waals surface area contributed by atoms with E-state index < -0.39 is 0 Å². The number of benzene rings is 1. The van der Waals surface area contributed by atoms with Crippen molar-refractivity contribution in [2.24, 2.45) is 5.92 Å². The molecule has 0 radical (unpaired) electrons. The van der Waals surface area contributed by atoms with Gasteiger partial charge in [-0.3, -0.25) is 0 Å². The predicted molar refractivity (Wildman–Crippen MR) is 82.7 cm³/mol. The number of methoxy groups -OCH3 is 1. The molecule has 0 bridgehead atoms. The van der Waals surface area contributed by atoms with Crippen LogP contribution in [0.5, 0.6) is 5.75 Å². The first-order valence-electron chi connectivity index (χ1n) is 7.02. The second-order valence-corrected chi connectivity index (χ2v) is 5.39. The highest BCUT2D eigenvalue weighted by Gasteiger charge is 2.07. The quantitative estimate of drug-likeness (QED) is 0.810. The third-order valence-corrected chi connectivity index (χ3v) is 2.89. The summed E-state index contributed by atoms with van der Waals surface area (Å²) in [6.07, 6.45) is 0.507. The van der Waals surface area contributed by atoms with Gasteiger partial charge in [0, 0.05) is 25.1 Å². The summed E-state index contributed by atoms with van der Waals surface area (Å²) in [5.41, 5.74) is 2.17. The predicted octanol–water partition coefficient (Wildman–Crippen LogP) is 2.52. The Hall–Kier alpha value is -1.50. The van der Waals surface area contributed by atoms with Gasteiger partial charge in [-0.25, -0.2) is 0 Å². The minimum Gasteiger partial charge on any atom is -0.497 e. The summed E-state index contributed by atoms with van der Waals surface area (Å²) >= 11 is 0. The molecule has 0 heterocycles. The van der Waals surface area contributed by atoms with Crippen molar-refractivity contribution in [3.05, 3.63) is 29.3 Å². The molecular formula is C17H25NO2. The van der Waals surface area contributed by atoms with E-state index in [4.69, 9.17) is 9.84 Å². The molecule has 0 unspecified atom stereocenters. The molecule has 3 heteroatoms. The van der Waals surface area contributed by atoms with Gasteiger partial charge in [-0.1, -0.05) is 25.7 Å². The lowest BCUT2D eigenvalue weighted by Crippen LogP contribution is -2.23. The van der Waals surface area contributed by atoms with Crippen LogP contribution in [0.2, 0.25) is 0 Å². The minimum atomic E-state index is 0.103. The molecule has 0 aromatic heterocycles. The normalized spacial score (nSPS) is 10.6. The molecule has 0 aliphatic rings. The van der Waals surface area contributed by atoms with Crippen LogP contribution in [-0.4, -0.2) is 37.3 Å². The molecular weight excluding hydrogens is 250 g/mol. The van der Waals surface area contributed by atoms with Gasteiger partial charge >= 0.3 is 0 Å². The van der Waals surface area contributed by atoms with Crippen LogP contribution >= 0.6 is 0 Å². The summed E-state index contributed by atoms with van der Waals surface area (Å²) in [5, 5.41) is 8.81. The molecule has 1 aromatic carbocycles. The summed E-state index contributed by atoms with van der Waals surface area (Å²) in [7, 11) is 3.79. The van der Waals surface area contributed by atoms with Crippen molar-refractivity contribution in [1.29, 1.82) is 0 Å². The van der Waals surface area contributed by atoms with Gasteiger partial charge in [0.1, 0.15) is 5.75 Å². The molecule has 0 fully saturated rings.